The molecule has 0 aliphatic heterocycles. The number of para-hydroxylation sites is 1. The summed E-state index contributed by atoms with van der Waals surface area (Å²) in [6.07, 6.45) is 0. The van der Waals surface area contributed by atoms with Gasteiger partial charge in [0.25, 0.3) is 10.1 Å². The standard InChI is InChI=1S/C20H15N3O4S2/c1-12-6-11-16-18(19(12)29(25,26)27)28-20(21-16)13-7-9-14(10-8-13)22-23-15-4-2-3-5-17(15)24/h2-11,24H,1H3,(H,25,26,27)/b23-22+. The third kappa shape index (κ3) is 3.88. The van der Waals surface area contributed by atoms with Crippen LogP contribution in [0.1, 0.15) is 5.56 Å². The molecule has 1 heterocycles. The third-order valence-electron chi connectivity index (χ3n) is 4.24. The summed E-state index contributed by atoms with van der Waals surface area (Å²) in [4.78, 5) is 4.38. The minimum absolute atomic E-state index is 0.0484. The molecule has 0 saturated carbocycles. The van der Waals surface area contributed by atoms with Crippen molar-refractivity contribution in [2.24, 2.45) is 10.2 Å². The molecule has 4 aromatic rings. The van der Waals surface area contributed by atoms with Gasteiger partial charge in [-0.15, -0.1) is 16.5 Å². The Bertz CT molecular complexity index is 1340. The zero-order valence-corrected chi connectivity index (χ0v) is 16.8. The molecule has 4 rings (SSSR count). The molecule has 2 N–H and O–H groups in total. The first-order chi connectivity index (χ1) is 13.8. The van der Waals surface area contributed by atoms with Gasteiger partial charge in [0.15, 0.2) is 0 Å². The molecule has 0 fully saturated rings. The number of benzene rings is 3. The molecule has 0 amide bonds. The van der Waals surface area contributed by atoms with E-state index in [1.54, 1.807) is 61.5 Å². The third-order valence-corrected chi connectivity index (χ3v) is 6.55. The maximum Gasteiger partial charge on any atom is 0.296 e. The smallest absolute Gasteiger partial charge is 0.296 e. The van der Waals surface area contributed by atoms with Crippen molar-refractivity contribution < 1.29 is 18.1 Å². The Balaban J connectivity index is 1.68. The lowest BCUT2D eigenvalue weighted by Crippen LogP contribution is -2.00. The van der Waals surface area contributed by atoms with Crippen LogP contribution in [0.15, 0.2) is 75.8 Å². The van der Waals surface area contributed by atoms with Crippen LogP contribution in [0.5, 0.6) is 5.75 Å². The second-order valence-corrected chi connectivity index (χ2v) is 8.65. The van der Waals surface area contributed by atoms with Gasteiger partial charge in [-0.05, 0) is 55.0 Å². The highest BCUT2D eigenvalue weighted by molar-refractivity contribution is 7.86. The normalized spacial score (nSPS) is 12.1. The number of aryl methyl sites for hydroxylation is 1. The van der Waals surface area contributed by atoms with Gasteiger partial charge in [0.2, 0.25) is 0 Å². The highest BCUT2D eigenvalue weighted by Gasteiger charge is 2.20. The van der Waals surface area contributed by atoms with Gasteiger partial charge < -0.3 is 5.11 Å². The van der Waals surface area contributed by atoms with E-state index in [-0.39, 0.29) is 10.6 Å². The Morgan fingerprint density at radius 1 is 0.966 bits per heavy atom. The summed E-state index contributed by atoms with van der Waals surface area (Å²) in [5.41, 5.74) is 2.72. The second-order valence-electron chi connectivity index (χ2n) is 6.29. The lowest BCUT2D eigenvalue weighted by molar-refractivity contribution is 0.476. The van der Waals surface area contributed by atoms with E-state index in [9.17, 15) is 18.1 Å². The minimum Gasteiger partial charge on any atom is -0.506 e. The molecule has 0 aliphatic rings. The molecule has 7 nitrogen and oxygen atoms in total. The van der Waals surface area contributed by atoms with Crippen molar-refractivity contribution in [3.05, 3.63) is 66.2 Å². The first kappa shape index (κ1) is 19.2. The van der Waals surface area contributed by atoms with E-state index in [0.717, 1.165) is 5.56 Å². The molecule has 0 saturated heterocycles. The first-order valence-corrected chi connectivity index (χ1v) is 10.8. The van der Waals surface area contributed by atoms with Crippen molar-refractivity contribution in [2.45, 2.75) is 11.8 Å². The zero-order valence-electron chi connectivity index (χ0n) is 15.1. The van der Waals surface area contributed by atoms with Crippen molar-refractivity contribution in [1.82, 2.24) is 4.98 Å². The number of hydrogen-bond acceptors (Lipinski definition) is 7. The molecule has 29 heavy (non-hydrogen) atoms. The molecule has 9 heteroatoms. The van der Waals surface area contributed by atoms with Crippen LogP contribution in [0, 0.1) is 6.92 Å². The van der Waals surface area contributed by atoms with Crippen LogP contribution < -0.4 is 0 Å². The molecule has 0 unspecified atom stereocenters. The van der Waals surface area contributed by atoms with Crippen molar-refractivity contribution in [3.8, 4) is 16.3 Å². The monoisotopic (exact) mass is 425 g/mol. The summed E-state index contributed by atoms with van der Waals surface area (Å²) in [7, 11) is -4.35. The molecule has 0 spiro atoms. The molecular formula is C20H15N3O4S2. The van der Waals surface area contributed by atoms with Crippen molar-refractivity contribution in [3.63, 3.8) is 0 Å². The highest BCUT2D eigenvalue weighted by Crippen LogP contribution is 2.36. The van der Waals surface area contributed by atoms with Crippen LogP contribution in [0.4, 0.5) is 11.4 Å². The van der Waals surface area contributed by atoms with Crippen molar-refractivity contribution in [1.29, 1.82) is 0 Å². The topological polar surface area (TPSA) is 112 Å². The Labute approximate surface area is 170 Å². The molecular weight excluding hydrogens is 410 g/mol. The number of azo groups is 1. The number of phenols is 1. The number of aromatic hydroxyl groups is 1. The number of fused-ring (bicyclic) bond motifs is 1. The van der Waals surface area contributed by atoms with E-state index in [1.165, 1.54) is 17.4 Å². The molecule has 146 valence electrons. The van der Waals surface area contributed by atoms with Crippen LogP contribution in [-0.2, 0) is 10.1 Å². The first-order valence-electron chi connectivity index (χ1n) is 8.51. The number of hydrogen-bond donors (Lipinski definition) is 2. The molecule has 0 aliphatic carbocycles. The van der Waals surface area contributed by atoms with Crippen molar-refractivity contribution in [2.75, 3.05) is 0 Å². The van der Waals surface area contributed by atoms with Crippen LogP contribution in [0.25, 0.3) is 20.8 Å². The van der Waals surface area contributed by atoms with Gasteiger partial charge in [-0.1, -0.05) is 18.2 Å². The van der Waals surface area contributed by atoms with Gasteiger partial charge in [-0.2, -0.15) is 13.5 Å². The minimum atomic E-state index is -4.35. The number of phenolic OH excluding ortho intramolecular Hbond substituents is 1. The fraction of sp³-hybridized carbons (Fsp3) is 0.0500. The Kier molecular flexibility index (Phi) is 4.87. The van der Waals surface area contributed by atoms with Crippen LogP contribution >= 0.6 is 11.3 Å². The Morgan fingerprint density at radius 3 is 2.38 bits per heavy atom. The quantitative estimate of drug-likeness (QED) is 0.325. The number of thiazole rings is 1. The summed E-state index contributed by atoms with van der Waals surface area (Å²) in [5, 5.41) is 18.5. The Morgan fingerprint density at radius 2 is 1.69 bits per heavy atom. The van der Waals surface area contributed by atoms with Crippen LogP contribution in [0.3, 0.4) is 0 Å². The highest BCUT2D eigenvalue weighted by atomic mass is 32.2. The molecule has 0 atom stereocenters. The van der Waals surface area contributed by atoms with Gasteiger partial charge in [-0.25, -0.2) is 4.98 Å². The Hall–Kier alpha value is -3.14. The summed E-state index contributed by atoms with van der Waals surface area (Å²) in [6.45, 7) is 1.63. The largest absolute Gasteiger partial charge is 0.506 e. The van der Waals surface area contributed by atoms with Crippen molar-refractivity contribution >= 4 is 43.0 Å². The van der Waals surface area contributed by atoms with Gasteiger partial charge >= 0.3 is 0 Å². The maximum absolute atomic E-state index is 11.8. The van der Waals surface area contributed by atoms with E-state index in [0.29, 0.717) is 32.2 Å². The van der Waals surface area contributed by atoms with Gasteiger partial charge in [0.1, 0.15) is 21.3 Å². The predicted molar refractivity (Wildman–Crippen MR) is 112 cm³/mol. The summed E-state index contributed by atoms with van der Waals surface area (Å²) in [5.74, 6) is 0.0484. The predicted octanol–water partition coefficient (Wildman–Crippen LogP) is 5.64. The van der Waals surface area contributed by atoms with E-state index in [2.05, 4.69) is 15.2 Å². The van der Waals surface area contributed by atoms with Gasteiger partial charge in [-0.3, -0.25) is 4.55 Å². The molecule has 3 aromatic carbocycles. The summed E-state index contributed by atoms with van der Waals surface area (Å²) < 4.78 is 33.5. The molecule has 0 radical (unpaired) electrons. The molecule has 0 bridgehead atoms. The van der Waals surface area contributed by atoms with Gasteiger partial charge in [0.05, 0.1) is 15.9 Å². The number of rotatable bonds is 4. The van der Waals surface area contributed by atoms with E-state index >= 15 is 0 Å². The average Bonchev–Trinajstić information content (AvgIpc) is 3.10. The summed E-state index contributed by atoms with van der Waals surface area (Å²) >= 11 is 1.20. The SMILES string of the molecule is Cc1ccc2nc(-c3ccc(/N=N/c4ccccc4O)cc3)sc2c1S(=O)(=O)O. The van der Waals surface area contributed by atoms with Crippen LogP contribution in [-0.4, -0.2) is 23.1 Å². The number of aromatic nitrogens is 1. The number of nitrogens with zero attached hydrogens (tertiary/aromatic N) is 3. The second kappa shape index (κ2) is 7.36. The molecule has 1 aromatic heterocycles. The zero-order chi connectivity index (χ0) is 20.6. The maximum atomic E-state index is 11.8. The lowest BCUT2D eigenvalue weighted by Gasteiger charge is -2.02. The van der Waals surface area contributed by atoms with Gasteiger partial charge in [0, 0.05) is 5.56 Å². The average molecular weight is 425 g/mol. The lowest BCUT2D eigenvalue weighted by atomic mass is 10.2. The summed E-state index contributed by atoms with van der Waals surface area (Å²) in [6, 6.07) is 17.1. The van der Waals surface area contributed by atoms with E-state index in [4.69, 9.17) is 0 Å². The van der Waals surface area contributed by atoms with E-state index in [1.807, 2.05) is 0 Å². The van der Waals surface area contributed by atoms with E-state index < -0.39 is 10.1 Å². The fourth-order valence-corrected chi connectivity index (χ4v) is 5.16. The van der Waals surface area contributed by atoms with Crippen LogP contribution in [0.2, 0.25) is 0 Å². The fourth-order valence-electron chi connectivity index (χ4n) is 2.84.